The molecule has 0 saturated heterocycles. The van der Waals surface area contributed by atoms with E-state index in [0.717, 1.165) is 6.92 Å². The van der Waals surface area contributed by atoms with Gasteiger partial charge in [-0.2, -0.15) is 22.0 Å². The normalized spacial score (nSPS) is 20.4. The van der Waals surface area contributed by atoms with Crippen LogP contribution >= 0.6 is 0 Å². The van der Waals surface area contributed by atoms with Gasteiger partial charge in [0.2, 0.25) is 0 Å². The average Bonchev–Trinajstić information content (AvgIpc) is 1.97. The second kappa shape index (κ2) is 3.60. The molecule has 0 radical (unpaired) electrons. The molecule has 1 nitrogen and oxygen atoms in total. The Morgan fingerprint density at radius 2 is 1.43 bits per heavy atom. The van der Waals surface area contributed by atoms with Gasteiger partial charge < -0.3 is 5.11 Å². The Kier molecular flexibility index (Phi) is 3.48. The van der Waals surface area contributed by atoms with Gasteiger partial charge in [0, 0.05) is 5.92 Å². The molecule has 2 atom stereocenters. The molecule has 0 bridgehead atoms. The summed E-state index contributed by atoms with van der Waals surface area (Å²) in [7, 11) is 0. The van der Waals surface area contributed by atoms with Crippen LogP contribution in [-0.2, 0) is 0 Å². The van der Waals surface area contributed by atoms with Crippen molar-refractivity contribution in [2.24, 2.45) is 5.92 Å². The van der Waals surface area contributed by atoms with Crippen molar-refractivity contribution in [1.82, 2.24) is 0 Å². The molecule has 1 N–H and O–H groups in total. The Hall–Kier alpha value is -0.460. The number of hydrogen-bond donors (Lipinski definition) is 1. The summed E-state index contributed by atoms with van der Waals surface area (Å²) < 4.78 is 73.5. The molecule has 0 spiro atoms. The summed E-state index contributed by atoms with van der Waals surface area (Å²) in [6, 6.07) is 0. The first-order valence-corrected chi connectivity index (χ1v) is 3.84. The largest absolute Gasteiger partial charge is 0.431 e. The van der Waals surface area contributed by atoms with Crippen molar-refractivity contribution in [2.45, 2.75) is 38.2 Å². The summed E-state index contributed by atoms with van der Waals surface area (Å²) in [5.41, 5.74) is -4.89. The third-order valence-electron chi connectivity index (χ3n) is 2.14. The molecular formula is C7H10F6O. The zero-order chi connectivity index (χ0) is 11.8. The molecule has 0 aliphatic carbocycles. The van der Waals surface area contributed by atoms with Gasteiger partial charge >= 0.3 is 12.3 Å². The zero-order valence-electron chi connectivity index (χ0n) is 7.50. The third-order valence-corrected chi connectivity index (χ3v) is 2.14. The topological polar surface area (TPSA) is 20.2 Å². The van der Waals surface area contributed by atoms with Crippen LogP contribution in [0, 0.1) is 5.92 Å². The van der Waals surface area contributed by atoms with Crippen molar-refractivity contribution in [3.8, 4) is 0 Å². The molecule has 0 aliphatic rings. The van der Waals surface area contributed by atoms with Crippen molar-refractivity contribution >= 4 is 0 Å². The standard InChI is InChI=1S/C7H10F6O/c1-3-4(2)5(8,6(9,10)11)7(12,13)14/h4,14H,3H2,1-2H3. The molecule has 14 heavy (non-hydrogen) atoms. The Morgan fingerprint density at radius 1 is 1.07 bits per heavy atom. The van der Waals surface area contributed by atoms with E-state index >= 15 is 0 Å². The Labute approximate surface area is 76.7 Å². The van der Waals surface area contributed by atoms with Crippen LogP contribution in [0.5, 0.6) is 0 Å². The van der Waals surface area contributed by atoms with E-state index in [1.807, 2.05) is 0 Å². The van der Waals surface area contributed by atoms with Gasteiger partial charge in [0.25, 0.3) is 5.67 Å². The van der Waals surface area contributed by atoms with Gasteiger partial charge in [-0.3, -0.25) is 0 Å². The molecule has 0 aromatic carbocycles. The minimum absolute atomic E-state index is 0.466. The molecule has 0 fully saturated rings. The number of aliphatic hydroxyl groups is 1. The van der Waals surface area contributed by atoms with Crippen LogP contribution < -0.4 is 0 Å². The molecule has 2 unspecified atom stereocenters. The van der Waals surface area contributed by atoms with Crippen LogP contribution in [0.2, 0.25) is 0 Å². The number of halogens is 6. The third kappa shape index (κ3) is 1.97. The Balaban J connectivity index is 5.29. The van der Waals surface area contributed by atoms with E-state index in [1.54, 1.807) is 0 Å². The van der Waals surface area contributed by atoms with Crippen molar-refractivity contribution in [1.29, 1.82) is 0 Å². The fourth-order valence-corrected chi connectivity index (χ4v) is 1.03. The summed E-state index contributed by atoms with van der Waals surface area (Å²) in [6.45, 7) is 1.79. The Bertz CT molecular complexity index is 179. The van der Waals surface area contributed by atoms with E-state index < -0.39 is 30.3 Å². The van der Waals surface area contributed by atoms with Crippen LogP contribution in [0.25, 0.3) is 0 Å². The highest BCUT2D eigenvalue weighted by Crippen LogP contribution is 2.49. The van der Waals surface area contributed by atoms with Crippen LogP contribution in [0.1, 0.15) is 20.3 Å². The molecule has 0 saturated carbocycles. The van der Waals surface area contributed by atoms with Crippen LogP contribution in [-0.4, -0.2) is 23.1 Å². The molecule has 0 aliphatic heterocycles. The molecule has 0 aromatic rings. The molecule has 0 rings (SSSR count). The fraction of sp³-hybridized carbons (Fsp3) is 1.00. The molecule has 0 heterocycles. The SMILES string of the molecule is CCC(C)C(F)(C(O)(F)F)C(F)(F)F. The molecule has 7 heteroatoms. The number of alkyl halides is 6. The van der Waals surface area contributed by atoms with E-state index in [0.29, 0.717) is 6.92 Å². The van der Waals surface area contributed by atoms with Gasteiger partial charge in [0.15, 0.2) is 0 Å². The predicted octanol–water partition coefficient (Wildman–Crippen LogP) is 2.89. The van der Waals surface area contributed by atoms with Gasteiger partial charge in [-0.15, -0.1) is 0 Å². The first-order valence-electron chi connectivity index (χ1n) is 3.84. The summed E-state index contributed by atoms with van der Waals surface area (Å²) in [4.78, 5) is 0. The van der Waals surface area contributed by atoms with E-state index in [2.05, 4.69) is 0 Å². The molecule has 0 aromatic heterocycles. The van der Waals surface area contributed by atoms with Crippen LogP contribution in [0.3, 0.4) is 0 Å². The maximum Gasteiger partial charge on any atom is 0.431 e. The summed E-state index contributed by atoms with van der Waals surface area (Å²) in [6.07, 6.45) is -11.7. The second-order valence-corrected chi connectivity index (χ2v) is 3.06. The zero-order valence-corrected chi connectivity index (χ0v) is 7.50. The van der Waals surface area contributed by atoms with Crippen LogP contribution in [0.4, 0.5) is 26.3 Å². The summed E-state index contributed by atoms with van der Waals surface area (Å²) >= 11 is 0. The van der Waals surface area contributed by atoms with E-state index in [-0.39, 0.29) is 0 Å². The fourth-order valence-electron chi connectivity index (χ4n) is 1.03. The quantitative estimate of drug-likeness (QED) is 0.731. The first kappa shape index (κ1) is 13.5. The summed E-state index contributed by atoms with van der Waals surface area (Å²) in [5, 5.41) is 7.95. The highest BCUT2D eigenvalue weighted by molar-refractivity contribution is 4.97. The maximum atomic E-state index is 13.1. The monoisotopic (exact) mass is 224 g/mol. The van der Waals surface area contributed by atoms with Crippen molar-refractivity contribution in [2.75, 3.05) is 0 Å². The lowest BCUT2D eigenvalue weighted by molar-refractivity contribution is -0.382. The van der Waals surface area contributed by atoms with E-state index in [4.69, 9.17) is 5.11 Å². The Morgan fingerprint density at radius 3 is 1.50 bits per heavy atom. The average molecular weight is 224 g/mol. The minimum Gasteiger partial charge on any atom is -0.333 e. The van der Waals surface area contributed by atoms with Crippen molar-refractivity contribution in [3.05, 3.63) is 0 Å². The van der Waals surface area contributed by atoms with Crippen molar-refractivity contribution in [3.63, 3.8) is 0 Å². The van der Waals surface area contributed by atoms with Gasteiger partial charge in [0.05, 0.1) is 0 Å². The maximum absolute atomic E-state index is 13.1. The van der Waals surface area contributed by atoms with Crippen LogP contribution in [0.15, 0.2) is 0 Å². The van der Waals surface area contributed by atoms with Gasteiger partial charge in [-0.25, -0.2) is 4.39 Å². The number of rotatable bonds is 3. The van der Waals surface area contributed by atoms with Crippen molar-refractivity contribution < 1.29 is 31.4 Å². The van der Waals surface area contributed by atoms with Gasteiger partial charge in [0.1, 0.15) is 0 Å². The lowest BCUT2D eigenvalue weighted by atomic mass is 9.87. The molecule has 86 valence electrons. The summed E-state index contributed by atoms with van der Waals surface area (Å²) in [5.74, 6) is -2.03. The first-order chi connectivity index (χ1) is 5.98. The molecular weight excluding hydrogens is 214 g/mol. The predicted molar refractivity (Wildman–Crippen MR) is 36.5 cm³/mol. The minimum atomic E-state index is -5.80. The number of hydrogen-bond acceptors (Lipinski definition) is 1. The van der Waals surface area contributed by atoms with Gasteiger partial charge in [-0.1, -0.05) is 13.8 Å². The van der Waals surface area contributed by atoms with E-state index in [1.165, 1.54) is 0 Å². The smallest absolute Gasteiger partial charge is 0.333 e. The lowest BCUT2D eigenvalue weighted by Gasteiger charge is -2.35. The molecule has 0 amide bonds. The second-order valence-electron chi connectivity index (χ2n) is 3.06. The lowest BCUT2D eigenvalue weighted by Crippen LogP contribution is -2.59. The van der Waals surface area contributed by atoms with Gasteiger partial charge in [-0.05, 0) is 6.42 Å². The highest BCUT2D eigenvalue weighted by Gasteiger charge is 2.73. The van der Waals surface area contributed by atoms with E-state index in [9.17, 15) is 26.3 Å². The highest BCUT2D eigenvalue weighted by atomic mass is 19.4.